The largest absolute Gasteiger partial charge is 0.487 e. The lowest BCUT2D eigenvalue weighted by Gasteiger charge is -2.14. The molecule has 8 nitrogen and oxygen atoms in total. The molecule has 1 N–H and O–H groups in total. The number of halogens is 3. The Bertz CT molecular complexity index is 2170. The fraction of sp³-hybridized carbons (Fsp3) is 0.171. The van der Waals surface area contributed by atoms with Crippen molar-refractivity contribution in [2.24, 2.45) is 0 Å². The Morgan fingerprint density at radius 1 is 0.979 bits per heavy atom. The van der Waals surface area contributed by atoms with Crippen LogP contribution in [-0.2, 0) is 21.2 Å². The second-order valence-corrected chi connectivity index (χ2v) is 14.1. The zero-order chi connectivity index (χ0) is 33.7. The molecule has 0 bridgehead atoms. The van der Waals surface area contributed by atoms with Crippen LogP contribution in [0.1, 0.15) is 30.0 Å². The number of benzene rings is 4. The summed E-state index contributed by atoms with van der Waals surface area (Å²) in [5, 5.41) is 6.47. The molecular weight excluding hydrogens is 678 g/mol. The van der Waals surface area contributed by atoms with E-state index in [4.69, 9.17) is 21.1 Å². The molecule has 2 aromatic heterocycles. The molecule has 0 saturated carbocycles. The summed E-state index contributed by atoms with van der Waals surface area (Å²) in [6, 6.07) is 22.5. The molecule has 0 aliphatic heterocycles. The van der Waals surface area contributed by atoms with E-state index in [9.17, 15) is 12.8 Å². The minimum absolute atomic E-state index is 0.00845. The third-order valence-corrected chi connectivity index (χ3v) is 10.3. The van der Waals surface area contributed by atoms with Crippen LogP contribution in [0.3, 0.4) is 0 Å². The van der Waals surface area contributed by atoms with Crippen molar-refractivity contribution in [3.8, 4) is 17.0 Å². The topological polar surface area (TPSA) is 103 Å². The number of ether oxygens (including phenoxy) is 2. The van der Waals surface area contributed by atoms with E-state index in [-0.39, 0.29) is 35.2 Å². The summed E-state index contributed by atoms with van der Waals surface area (Å²) in [6.07, 6.45) is 1.44. The predicted molar refractivity (Wildman–Crippen MR) is 184 cm³/mol. The van der Waals surface area contributed by atoms with Crippen LogP contribution in [-0.4, -0.2) is 35.7 Å². The first kappa shape index (κ1) is 33.4. The van der Waals surface area contributed by atoms with Crippen LogP contribution in [0, 0.1) is 11.6 Å². The molecule has 6 rings (SSSR count). The average Bonchev–Trinajstić information content (AvgIpc) is 3.56. The molecule has 1 atom stereocenters. The number of aromatic nitrogens is 3. The van der Waals surface area contributed by atoms with Gasteiger partial charge in [-0.05, 0) is 60.5 Å². The smallest absolute Gasteiger partial charge is 0.180 e. The Morgan fingerprint density at radius 2 is 1.81 bits per heavy atom. The molecule has 4 aromatic carbocycles. The molecule has 0 spiro atoms. The van der Waals surface area contributed by atoms with Crippen LogP contribution < -0.4 is 10.1 Å². The number of anilines is 2. The second kappa shape index (κ2) is 14.7. The van der Waals surface area contributed by atoms with Gasteiger partial charge >= 0.3 is 0 Å². The van der Waals surface area contributed by atoms with E-state index >= 15 is 4.39 Å². The Hall–Kier alpha value is -4.49. The third kappa shape index (κ3) is 7.79. The SMILES string of the molecule is CCC(OCCS(=O)(=O)c1ccccc1)c1nc(-c2cc3c(Nc4ccc(OCc5cccc(F)c5)c(Cl)c4)ncnc3cc2F)cs1. The van der Waals surface area contributed by atoms with E-state index in [2.05, 4.69) is 20.3 Å². The monoisotopic (exact) mass is 706 g/mol. The van der Waals surface area contributed by atoms with Crippen LogP contribution in [0.2, 0.25) is 5.02 Å². The van der Waals surface area contributed by atoms with E-state index < -0.39 is 21.8 Å². The van der Waals surface area contributed by atoms with Gasteiger partial charge in [0.15, 0.2) is 9.84 Å². The van der Waals surface area contributed by atoms with Crippen LogP contribution in [0.4, 0.5) is 20.3 Å². The maximum atomic E-state index is 15.4. The molecule has 0 aliphatic rings. The Kier molecular flexibility index (Phi) is 10.3. The zero-order valence-corrected chi connectivity index (χ0v) is 28.0. The Balaban J connectivity index is 1.17. The quantitative estimate of drug-likeness (QED) is 0.127. The molecule has 0 saturated heterocycles. The fourth-order valence-corrected chi connectivity index (χ4v) is 7.27. The number of nitrogens with zero attached hydrogens (tertiary/aromatic N) is 3. The number of sulfone groups is 1. The fourth-order valence-electron chi connectivity index (χ4n) is 4.96. The van der Waals surface area contributed by atoms with Gasteiger partial charge in [0.1, 0.15) is 47.2 Å². The third-order valence-electron chi connectivity index (χ3n) is 7.42. The van der Waals surface area contributed by atoms with Gasteiger partial charge in [0, 0.05) is 28.1 Å². The highest BCUT2D eigenvalue weighted by atomic mass is 35.5. The number of thiazole rings is 1. The molecule has 13 heteroatoms. The minimum Gasteiger partial charge on any atom is -0.487 e. The molecule has 48 heavy (non-hydrogen) atoms. The molecule has 0 radical (unpaired) electrons. The first-order valence-electron chi connectivity index (χ1n) is 14.9. The van der Waals surface area contributed by atoms with Crippen LogP contribution in [0.25, 0.3) is 22.2 Å². The number of fused-ring (bicyclic) bond motifs is 1. The average molecular weight is 707 g/mol. The van der Waals surface area contributed by atoms with Gasteiger partial charge in [-0.25, -0.2) is 32.2 Å². The van der Waals surface area contributed by atoms with Crippen molar-refractivity contribution in [1.82, 2.24) is 15.0 Å². The van der Waals surface area contributed by atoms with Gasteiger partial charge in [0.05, 0.1) is 33.5 Å². The summed E-state index contributed by atoms with van der Waals surface area (Å²) in [4.78, 5) is 13.5. The maximum Gasteiger partial charge on any atom is 0.180 e. The number of rotatable bonds is 13. The predicted octanol–water partition coefficient (Wildman–Crippen LogP) is 8.95. The van der Waals surface area contributed by atoms with Crippen molar-refractivity contribution < 1.29 is 26.7 Å². The van der Waals surface area contributed by atoms with Gasteiger partial charge in [0.25, 0.3) is 0 Å². The number of hydrogen-bond acceptors (Lipinski definition) is 9. The molecule has 0 amide bonds. The van der Waals surface area contributed by atoms with Crippen LogP contribution in [0.5, 0.6) is 5.75 Å². The Morgan fingerprint density at radius 3 is 2.58 bits per heavy atom. The summed E-state index contributed by atoms with van der Waals surface area (Å²) in [5.74, 6) is -0.169. The first-order chi connectivity index (χ1) is 23.2. The second-order valence-electron chi connectivity index (χ2n) is 10.7. The molecule has 0 aliphatic carbocycles. The highest BCUT2D eigenvalue weighted by Crippen LogP contribution is 2.35. The van der Waals surface area contributed by atoms with Gasteiger partial charge in [-0.15, -0.1) is 11.3 Å². The van der Waals surface area contributed by atoms with Crippen LogP contribution in [0.15, 0.2) is 102 Å². The lowest BCUT2D eigenvalue weighted by molar-refractivity contribution is 0.0609. The molecule has 246 valence electrons. The van der Waals surface area contributed by atoms with E-state index in [0.29, 0.717) is 55.9 Å². The summed E-state index contributed by atoms with van der Waals surface area (Å²) < 4.78 is 65.9. The van der Waals surface area contributed by atoms with Crippen molar-refractivity contribution in [2.45, 2.75) is 31.0 Å². The standard InChI is InChI=1S/C35H29ClF2N4O4S2/c1-2-32(45-13-14-48(43,44)25-9-4-3-5-10-25)35-42-31(20-47-35)26-17-27-30(18-29(26)38)39-21-40-34(27)41-24-11-12-33(28(36)16-24)46-19-22-7-6-8-23(37)15-22/h3-12,15-18,20-21,32H,2,13-14,19H2,1H3,(H,39,40,41). The Labute approximate surface area is 285 Å². The van der Waals surface area contributed by atoms with Crippen molar-refractivity contribution in [3.63, 3.8) is 0 Å². The van der Waals surface area contributed by atoms with Gasteiger partial charge in [-0.2, -0.15) is 0 Å². The summed E-state index contributed by atoms with van der Waals surface area (Å²) in [6.45, 7) is 2.05. The van der Waals surface area contributed by atoms with Crippen molar-refractivity contribution in [1.29, 1.82) is 0 Å². The number of hydrogen-bond donors (Lipinski definition) is 1. The molecule has 0 fully saturated rings. The van der Waals surface area contributed by atoms with E-state index in [1.54, 1.807) is 72.1 Å². The normalized spacial score (nSPS) is 12.2. The summed E-state index contributed by atoms with van der Waals surface area (Å²) in [7, 11) is -3.49. The molecule has 1 unspecified atom stereocenters. The molecular formula is C35H29ClF2N4O4S2. The van der Waals surface area contributed by atoms with Gasteiger partial charge in [-0.1, -0.05) is 48.9 Å². The van der Waals surface area contributed by atoms with E-state index in [1.807, 2.05) is 6.92 Å². The minimum atomic E-state index is -3.49. The summed E-state index contributed by atoms with van der Waals surface area (Å²) >= 11 is 7.80. The number of nitrogens with one attached hydrogen (secondary N) is 1. The van der Waals surface area contributed by atoms with E-state index in [1.165, 1.54) is 35.9 Å². The van der Waals surface area contributed by atoms with Crippen molar-refractivity contribution in [3.05, 3.63) is 124 Å². The molecule has 6 aromatic rings. The lowest BCUT2D eigenvalue weighted by Crippen LogP contribution is -2.14. The highest BCUT2D eigenvalue weighted by molar-refractivity contribution is 7.91. The zero-order valence-electron chi connectivity index (χ0n) is 25.6. The van der Waals surface area contributed by atoms with Crippen molar-refractivity contribution in [2.75, 3.05) is 17.7 Å². The van der Waals surface area contributed by atoms with Gasteiger partial charge in [-0.3, -0.25) is 0 Å². The van der Waals surface area contributed by atoms with Gasteiger partial charge < -0.3 is 14.8 Å². The maximum absolute atomic E-state index is 15.4. The van der Waals surface area contributed by atoms with Gasteiger partial charge in [0.2, 0.25) is 0 Å². The summed E-state index contributed by atoms with van der Waals surface area (Å²) in [5.41, 5.74) is 2.33. The van der Waals surface area contributed by atoms with E-state index in [0.717, 1.165) is 0 Å². The van der Waals surface area contributed by atoms with Crippen LogP contribution >= 0.6 is 22.9 Å². The lowest BCUT2D eigenvalue weighted by atomic mass is 10.1. The first-order valence-corrected chi connectivity index (χ1v) is 17.8. The van der Waals surface area contributed by atoms with Crippen molar-refractivity contribution >= 4 is 55.2 Å². The molecule has 2 heterocycles. The highest BCUT2D eigenvalue weighted by Gasteiger charge is 2.20.